The maximum Gasteiger partial charge on any atom is 1.00 e. The van der Waals surface area contributed by atoms with Gasteiger partial charge in [0, 0.05) is 0 Å². The predicted octanol–water partition coefficient (Wildman–Crippen LogP) is -3.14. The van der Waals surface area contributed by atoms with E-state index in [1.807, 2.05) is 0 Å². The molecule has 0 spiro atoms. The van der Waals surface area contributed by atoms with Crippen LogP contribution in [0.4, 0.5) is 0 Å². The predicted molar refractivity (Wildman–Crippen MR) is 23.6 cm³/mol. The van der Waals surface area contributed by atoms with Crippen LogP contribution in [0.2, 0.25) is 0 Å². The Hall–Kier alpha value is 1.52. The van der Waals surface area contributed by atoms with Crippen molar-refractivity contribution in [2.24, 2.45) is 0 Å². The van der Waals surface area contributed by atoms with Gasteiger partial charge in [0.2, 0.25) is 0 Å². The van der Waals surface area contributed by atoms with Gasteiger partial charge in [-0.3, -0.25) is 0 Å². The van der Waals surface area contributed by atoms with Crippen molar-refractivity contribution in [3.8, 4) is 0 Å². The van der Waals surface area contributed by atoms with Gasteiger partial charge in [-0.1, -0.05) is 0 Å². The summed E-state index contributed by atoms with van der Waals surface area (Å²) >= 11 is 0. The first kappa shape index (κ1) is 12.2. The Labute approximate surface area is 91.5 Å². The molecule has 1 aliphatic heterocycles. The molecule has 0 radical (unpaired) electrons. The molecule has 1 saturated heterocycles. The van der Waals surface area contributed by atoms with E-state index in [4.69, 9.17) is 9.47 Å². The maximum atomic E-state index is 4.94. The zero-order chi connectivity index (χ0) is 4.24. The molecule has 44 valence electrons. The van der Waals surface area contributed by atoms with Crippen molar-refractivity contribution >= 4 is 0 Å². The average molecular weight is 144 g/mol. The molecule has 0 aromatic carbocycles. The van der Waals surface area contributed by atoms with E-state index in [2.05, 4.69) is 0 Å². The Kier molecular flexibility index (Phi) is 13.0. The van der Waals surface area contributed by atoms with Crippen molar-refractivity contribution in [1.82, 2.24) is 0 Å². The minimum Gasteiger partial charge on any atom is -0.870 e. The van der Waals surface area contributed by atoms with Crippen molar-refractivity contribution < 1.29 is 66.3 Å². The van der Waals surface area contributed by atoms with E-state index in [1.165, 1.54) is 0 Å². The van der Waals surface area contributed by atoms with Crippen LogP contribution in [0.5, 0.6) is 0 Å². The quantitative estimate of drug-likeness (QED) is 0.338. The van der Waals surface area contributed by atoms with Gasteiger partial charge in [0.15, 0.2) is 0 Å². The van der Waals surface area contributed by atoms with Gasteiger partial charge in [0.1, 0.15) is 0 Å². The van der Waals surface area contributed by atoms with Crippen molar-refractivity contribution in [2.75, 3.05) is 26.4 Å². The van der Waals surface area contributed by atoms with Gasteiger partial charge >= 0.3 is 51.4 Å². The van der Waals surface area contributed by atoms with E-state index >= 15 is 0 Å². The zero-order valence-corrected chi connectivity index (χ0v) is 8.22. The van der Waals surface area contributed by atoms with Crippen LogP contribution >= 0.6 is 0 Å². The summed E-state index contributed by atoms with van der Waals surface area (Å²) in [6, 6.07) is 0. The van der Waals surface area contributed by atoms with Crippen molar-refractivity contribution in [3.63, 3.8) is 0 Å². The second-order valence-electron chi connectivity index (χ2n) is 1.22. The molecule has 1 fully saturated rings. The van der Waals surface area contributed by atoms with Gasteiger partial charge in [0.05, 0.1) is 26.4 Å². The monoisotopic (exact) mass is 144 g/mol. The van der Waals surface area contributed by atoms with Crippen LogP contribution in [-0.4, -0.2) is 31.9 Å². The van der Waals surface area contributed by atoms with E-state index in [1.54, 1.807) is 0 Å². The molecule has 1 heterocycles. The van der Waals surface area contributed by atoms with Crippen molar-refractivity contribution in [1.29, 1.82) is 0 Å². The van der Waals surface area contributed by atoms with Gasteiger partial charge in [-0.15, -0.1) is 0 Å². The summed E-state index contributed by atoms with van der Waals surface area (Å²) in [6.45, 7) is 3.11. The number of rotatable bonds is 0. The Balaban J connectivity index is 0. The van der Waals surface area contributed by atoms with E-state index in [0.717, 1.165) is 26.4 Å². The first-order valence-corrected chi connectivity index (χ1v) is 2.15. The van der Waals surface area contributed by atoms with Gasteiger partial charge < -0.3 is 14.9 Å². The van der Waals surface area contributed by atoms with Crippen LogP contribution in [0.3, 0.4) is 0 Å². The van der Waals surface area contributed by atoms with Gasteiger partial charge in [-0.2, -0.15) is 0 Å². The van der Waals surface area contributed by atoms with E-state index in [9.17, 15) is 0 Å². The zero-order valence-electron chi connectivity index (χ0n) is 5.09. The van der Waals surface area contributed by atoms with Gasteiger partial charge in [-0.25, -0.2) is 0 Å². The summed E-state index contributed by atoms with van der Waals surface area (Å²) in [7, 11) is 0. The third-order valence-electron chi connectivity index (χ3n) is 0.744. The van der Waals surface area contributed by atoms with Crippen molar-refractivity contribution in [3.05, 3.63) is 0 Å². The maximum absolute atomic E-state index is 4.94. The van der Waals surface area contributed by atoms with Gasteiger partial charge in [-0.05, 0) is 0 Å². The fourth-order valence-corrected chi connectivity index (χ4v) is 0.440. The molecule has 0 aliphatic carbocycles. The summed E-state index contributed by atoms with van der Waals surface area (Å²) in [4.78, 5) is 0. The smallest absolute Gasteiger partial charge is 0.870 e. The molecule has 0 atom stereocenters. The molecular weight excluding hydrogens is 135 g/mol. The van der Waals surface area contributed by atoms with Crippen LogP contribution < -0.4 is 51.4 Å². The Morgan fingerprint density at radius 1 is 0.750 bits per heavy atom. The summed E-state index contributed by atoms with van der Waals surface area (Å²) < 4.78 is 9.89. The molecule has 0 aromatic heterocycles. The van der Waals surface area contributed by atoms with Gasteiger partial charge in [0.25, 0.3) is 0 Å². The fraction of sp³-hybridized carbons (Fsp3) is 1.00. The number of ether oxygens (including phenoxy) is 2. The Morgan fingerprint density at radius 3 is 1.12 bits per heavy atom. The molecule has 4 heteroatoms. The molecule has 3 nitrogen and oxygen atoms in total. The van der Waals surface area contributed by atoms with Crippen LogP contribution in [0, 0.1) is 0 Å². The van der Waals surface area contributed by atoms with E-state index in [-0.39, 0.29) is 56.9 Å². The summed E-state index contributed by atoms with van der Waals surface area (Å²) in [5.74, 6) is 0. The first-order valence-electron chi connectivity index (χ1n) is 2.15. The van der Waals surface area contributed by atoms with E-state index < -0.39 is 0 Å². The fourth-order valence-electron chi connectivity index (χ4n) is 0.440. The van der Waals surface area contributed by atoms with Crippen LogP contribution in [0.1, 0.15) is 0 Å². The molecule has 1 aliphatic rings. The molecule has 0 bridgehead atoms. The van der Waals surface area contributed by atoms with Crippen LogP contribution in [0.25, 0.3) is 0 Å². The van der Waals surface area contributed by atoms with Crippen LogP contribution in [-0.2, 0) is 9.47 Å². The molecular formula is C4H9KO3. The minimum atomic E-state index is 0. The third kappa shape index (κ3) is 5.65. The van der Waals surface area contributed by atoms with E-state index in [0.29, 0.717) is 0 Å². The third-order valence-corrected chi connectivity index (χ3v) is 0.744. The average Bonchev–Trinajstić information content (AvgIpc) is 1.72. The first-order chi connectivity index (χ1) is 3.00. The van der Waals surface area contributed by atoms with Crippen molar-refractivity contribution in [2.45, 2.75) is 0 Å². The molecule has 1 rings (SSSR count). The molecule has 1 N–H and O–H groups in total. The number of hydrogen-bond acceptors (Lipinski definition) is 3. The Bertz CT molecular complexity index is 26.8. The molecule has 8 heavy (non-hydrogen) atoms. The normalized spacial score (nSPS) is 18.0. The molecule has 0 saturated carbocycles. The largest absolute Gasteiger partial charge is 1.00 e. The minimum absolute atomic E-state index is 0. The molecule has 0 amide bonds. The van der Waals surface area contributed by atoms with Crippen LogP contribution in [0.15, 0.2) is 0 Å². The standard InChI is InChI=1S/C4H8O2.K.H2O/c1-2-6-4-3-5-1;;/h1-4H2;;1H2/q;+1;/p-1. The number of hydrogen-bond donors (Lipinski definition) is 0. The summed E-state index contributed by atoms with van der Waals surface area (Å²) in [5, 5.41) is 0. The summed E-state index contributed by atoms with van der Waals surface area (Å²) in [5.41, 5.74) is 0. The Morgan fingerprint density at radius 2 is 1.00 bits per heavy atom. The molecule has 0 unspecified atom stereocenters. The second kappa shape index (κ2) is 8.52. The second-order valence-corrected chi connectivity index (χ2v) is 1.22. The molecule has 0 aromatic rings. The SMILES string of the molecule is C1COCCO1.[K+].[OH-]. The topological polar surface area (TPSA) is 48.5 Å². The summed E-state index contributed by atoms with van der Waals surface area (Å²) in [6.07, 6.45) is 0.